The van der Waals surface area contributed by atoms with Crippen molar-refractivity contribution >= 4 is 17.7 Å². The molecule has 19 heavy (non-hydrogen) atoms. The summed E-state index contributed by atoms with van der Waals surface area (Å²) in [5.74, 6) is -1.70. The molecule has 2 rings (SSSR count). The van der Waals surface area contributed by atoms with Crippen molar-refractivity contribution in [2.45, 2.75) is 25.4 Å². The first kappa shape index (κ1) is 13.2. The van der Waals surface area contributed by atoms with Crippen LogP contribution in [0.25, 0.3) is 0 Å². The third-order valence-corrected chi connectivity index (χ3v) is 2.87. The summed E-state index contributed by atoms with van der Waals surface area (Å²) in [7, 11) is 0. The average molecular weight is 262 g/mol. The number of amides is 3. The van der Waals surface area contributed by atoms with Crippen LogP contribution in [0.4, 0.5) is 0 Å². The highest BCUT2D eigenvalue weighted by Crippen LogP contribution is 2.14. The molecule has 0 saturated carbocycles. The summed E-state index contributed by atoms with van der Waals surface area (Å²) in [6, 6.07) is 8.30. The number of nitrogens with zero attached hydrogens (tertiary/aromatic N) is 1. The largest absolute Gasteiger partial charge is 0.378 e. The Bertz CT molecular complexity index is 485. The fourth-order valence-electron chi connectivity index (χ4n) is 1.84. The van der Waals surface area contributed by atoms with E-state index >= 15 is 0 Å². The number of piperidine rings is 1. The van der Waals surface area contributed by atoms with E-state index in [4.69, 9.17) is 0 Å². The lowest BCUT2D eigenvalue weighted by Gasteiger charge is -2.25. The predicted molar refractivity (Wildman–Crippen MR) is 65.2 cm³/mol. The highest BCUT2D eigenvalue weighted by atomic mass is 16.3. The lowest BCUT2D eigenvalue weighted by molar-refractivity contribution is -0.158. The van der Waals surface area contributed by atoms with Crippen LogP contribution in [0.15, 0.2) is 30.3 Å². The average Bonchev–Trinajstić information content (AvgIpc) is 2.43. The van der Waals surface area contributed by atoms with Gasteiger partial charge in [-0.05, 0) is 12.0 Å². The Balaban J connectivity index is 2.04. The van der Waals surface area contributed by atoms with Gasteiger partial charge in [-0.1, -0.05) is 30.3 Å². The van der Waals surface area contributed by atoms with Gasteiger partial charge < -0.3 is 5.11 Å². The second-order valence-electron chi connectivity index (χ2n) is 4.27. The van der Waals surface area contributed by atoms with Crippen LogP contribution in [0.5, 0.6) is 0 Å². The van der Waals surface area contributed by atoms with Crippen molar-refractivity contribution in [2.24, 2.45) is 0 Å². The molecule has 1 saturated heterocycles. The summed E-state index contributed by atoms with van der Waals surface area (Å²) in [5.41, 5.74) is 2.56. The lowest BCUT2D eigenvalue weighted by atomic mass is 10.1. The minimum atomic E-state index is -1.41. The van der Waals surface area contributed by atoms with Crippen molar-refractivity contribution < 1.29 is 19.5 Å². The number of nitrogens with one attached hydrogen (secondary N) is 1. The van der Waals surface area contributed by atoms with Gasteiger partial charge in [0.15, 0.2) is 6.10 Å². The summed E-state index contributed by atoms with van der Waals surface area (Å²) in [6.45, 7) is 0. The topological polar surface area (TPSA) is 86.7 Å². The SMILES string of the molecule is O=C(NN1C(=O)CCCC1=O)C(O)c1ccccc1. The summed E-state index contributed by atoms with van der Waals surface area (Å²) >= 11 is 0. The molecule has 1 heterocycles. The number of imide groups is 1. The van der Waals surface area contributed by atoms with E-state index < -0.39 is 23.8 Å². The second kappa shape index (κ2) is 5.62. The molecule has 1 atom stereocenters. The van der Waals surface area contributed by atoms with Crippen LogP contribution in [0.1, 0.15) is 30.9 Å². The van der Waals surface area contributed by atoms with Gasteiger partial charge in [-0.3, -0.25) is 19.8 Å². The molecule has 1 aromatic carbocycles. The van der Waals surface area contributed by atoms with E-state index in [1.54, 1.807) is 30.3 Å². The summed E-state index contributed by atoms with van der Waals surface area (Å²) < 4.78 is 0. The monoisotopic (exact) mass is 262 g/mol. The Kier molecular flexibility index (Phi) is 3.91. The van der Waals surface area contributed by atoms with Gasteiger partial charge >= 0.3 is 0 Å². The molecule has 6 heteroatoms. The number of aliphatic hydroxyl groups is 1. The number of benzene rings is 1. The molecule has 1 aliphatic heterocycles. The molecule has 0 aliphatic carbocycles. The molecular formula is C13H14N2O4. The van der Waals surface area contributed by atoms with Gasteiger partial charge in [0.2, 0.25) is 11.8 Å². The van der Waals surface area contributed by atoms with Gasteiger partial charge in [0.05, 0.1) is 0 Å². The highest BCUT2D eigenvalue weighted by molar-refractivity contribution is 5.99. The van der Waals surface area contributed by atoms with E-state index in [0.717, 1.165) is 0 Å². The minimum absolute atomic E-state index is 0.216. The molecule has 6 nitrogen and oxygen atoms in total. The van der Waals surface area contributed by atoms with Gasteiger partial charge in [0, 0.05) is 12.8 Å². The smallest absolute Gasteiger partial charge is 0.272 e. The number of hydrogen-bond donors (Lipinski definition) is 2. The van der Waals surface area contributed by atoms with Gasteiger partial charge in [0.1, 0.15) is 0 Å². The Morgan fingerprint density at radius 1 is 1.16 bits per heavy atom. The molecule has 0 aromatic heterocycles. The standard InChI is InChI=1S/C13H14N2O4/c16-10-7-4-8-11(17)15(10)14-13(19)12(18)9-5-2-1-3-6-9/h1-3,5-6,12,18H,4,7-8H2,(H,14,19). The zero-order valence-corrected chi connectivity index (χ0v) is 10.2. The zero-order valence-electron chi connectivity index (χ0n) is 10.2. The highest BCUT2D eigenvalue weighted by Gasteiger charge is 2.29. The van der Waals surface area contributed by atoms with Crippen LogP contribution in [0.2, 0.25) is 0 Å². The number of carbonyl (C=O) groups is 3. The van der Waals surface area contributed by atoms with Crippen LogP contribution < -0.4 is 5.43 Å². The van der Waals surface area contributed by atoms with Crippen LogP contribution in [-0.2, 0) is 14.4 Å². The second-order valence-corrected chi connectivity index (χ2v) is 4.27. The molecule has 0 bridgehead atoms. The van der Waals surface area contributed by atoms with Gasteiger partial charge in [-0.25, -0.2) is 0 Å². The van der Waals surface area contributed by atoms with Crippen molar-refractivity contribution in [1.82, 2.24) is 10.4 Å². The maximum absolute atomic E-state index is 11.8. The third-order valence-electron chi connectivity index (χ3n) is 2.87. The lowest BCUT2D eigenvalue weighted by Crippen LogP contribution is -2.52. The first-order chi connectivity index (χ1) is 9.09. The van der Waals surface area contributed by atoms with Crippen molar-refractivity contribution in [1.29, 1.82) is 0 Å². The first-order valence-corrected chi connectivity index (χ1v) is 5.99. The van der Waals surface area contributed by atoms with E-state index in [0.29, 0.717) is 17.0 Å². The van der Waals surface area contributed by atoms with E-state index in [1.807, 2.05) is 0 Å². The minimum Gasteiger partial charge on any atom is -0.378 e. The number of hydrogen-bond acceptors (Lipinski definition) is 4. The third kappa shape index (κ3) is 2.97. The van der Waals surface area contributed by atoms with Crippen molar-refractivity contribution in [3.63, 3.8) is 0 Å². The molecule has 1 aliphatic rings. The maximum atomic E-state index is 11.8. The fraction of sp³-hybridized carbons (Fsp3) is 0.308. The molecule has 3 amide bonds. The van der Waals surface area contributed by atoms with Gasteiger partial charge in [0.25, 0.3) is 5.91 Å². The first-order valence-electron chi connectivity index (χ1n) is 5.99. The maximum Gasteiger partial charge on any atom is 0.272 e. The molecule has 1 unspecified atom stereocenters. The Morgan fingerprint density at radius 3 is 2.32 bits per heavy atom. The fourth-order valence-corrected chi connectivity index (χ4v) is 1.84. The molecule has 2 N–H and O–H groups in total. The predicted octanol–water partition coefficient (Wildman–Crippen LogP) is 0.290. The van der Waals surface area contributed by atoms with E-state index in [9.17, 15) is 19.5 Å². The van der Waals surface area contributed by atoms with Crippen LogP contribution in [0.3, 0.4) is 0 Å². The molecule has 1 aromatic rings. The summed E-state index contributed by atoms with van der Waals surface area (Å²) in [6.07, 6.45) is -0.490. The van der Waals surface area contributed by atoms with Crippen LogP contribution in [-0.4, -0.2) is 27.8 Å². The molecule has 0 radical (unpaired) electrons. The van der Waals surface area contributed by atoms with E-state index in [1.165, 1.54) is 0 Å². The number of rotatable bonds is 3. The van der Waals surface area contributed by atoms with Crippen molar-refractivity contribution in [3.05, 3.63) is 35.9 Å². The molecule has 1 fully saturated rings. The Morgan fingerprint density at radius 2 is 1.74 bits per heavy atom. The van der Waals surface area contributed by atoms with Crippen LogP contribution >= 0.6 is 0 Å². The van der Waals surface area contributed by atoms with Gasteiger partial charge in [-0.15, -0.1) is 0 Å². The Labute approximate surface area is 110 Å². The number of hydrazine groups is 1. The van der Waals surface area contributed by atoms with Crippen molar-refractivity contribution in [3.8, 4) is 0 Å². The normalized spacial score (nSPS) is 17.2. The number of aliphatic hydroxyl groups excluding tert-OH is 1. The van der Waals surface area contributed by atoms with E-state index in [2.05, 4.69) is 5.43 Å². The van der Waals surface area contributed by atoms with Crippen LogP contribution in [0, 0.1) is 0 Å². The number of carbonyl (C=O) groups excluding carboxylic acids is 3. The Hall–Kier alpha value is -2.21. The zero-order chi connectivity index (χ0) is 13.8. The van der Waals surface area contributed by atoms with Gasteiger partial charge in [-0.2, -0.15) is 5.01 Å². The van der Waals surface area contributed by atoms with Crippen molar-refractivity contribution in [2.75, 3.05) is 0 Å². The molecule has 100 valence electrons. The molecular weight excluding hydrogens is 248 g/mol. The quantitative estimate of drug-likeness (QED) is 0.766. The summed E-state index contributed by atoms with van der Waals surface area (Å²) in [4.78, 5) is 34.8. The van der Waals surface area contributed by atoms with E-state index in [-0.39, 0.29) is 12.8 Å². The summed E-state index contributed by atoms with van der Waals surface area (Å²) in [5, 5.41) is 10.5. The molecule has 0 spiro atoms.